The van der Waals surface area contributed by atoms with Crippen molar-refractivity contribution >= 4 is 32.7 Å². The van der Waals surface area contributed by atoms with Crippen molar-refractivity contribution in [1.29, 1.82) is 0 Å². The summed E-state index contributed by atoms with van der Waals surface area (Å²) in [5.41, 5.74) is 0.596. The molecule has 0 aliphatic heterocycles. The fraction of sp³-hybridized carbons (Fsp3) is 0.120. The number of carbonyl (C=O) groups is 1. The summed E-state index contributed by atoms with van der Waals surface area (Å²) in [7, 11) is 1.56. The molecule has 1 heterocycles. The van der Waals surface area contributed by atoms with E-state index in [0.29, 0.717) is 39.5 Å². The minimum absolute atomic E-state index is 0.102. The molecule has 0 N–H and O–H groups in total. The van der Waals surface area contributed by atoms with Gasteiger partial charge in [-0.2, -0.15) is 0 Å². The van der Waals surface area contributed by atoms with Gasteiger partial charge in [0.15, 0.2) is 12.4 Å². The minimum Gasteiger partial charge on any atom is -0.497 e. The highest BCUT2D eigenvalue weighted by atomic mass is 79.9. The van der Waals surface area contributed by atoms with Crippen molar-refractivity contribution < 1.29 is 23.4 Å². The molecule has 0 saturated heterocycles. The average Bonchev–Trinajstić information content (AvgIpc) is 2.80. The molecule has 6 nitrogen and oxygen atoms in total. The van der Waals surface area contributed by atoms with E-state index in [0.717, 1.165) is 4.47 Å². The molecule has 0 amide bonds. The lowest BCUT2D eigenvalue weighted by Gasteiger charge is -2.11. The van der Waals surface area contributed by atoms with E-state index in [1.165, 1.54) is 0 Å². The molecule has 1 aromatic heterocycles. The van der Waals surface area contributed by atoms with Crippen LogP contribution in [0.15, 0.2) is 80.4 Å². The van der Waals surface area contributed by atoms with E-state index in [2.05, 4.69) is 15.9 Å². The number of halogens is 1. The number of benzene rings is 3. The molecular weight excluding hydrogens is 476 g/mol. The summed E-state index contributed by atoms with van der Waals surface area (Å²) < 4.78 is 23.3. The Morgan fingerprint density at radius 1 is 0.969 bits per heavy atom. The van der Waals surface area contributed by atoms with Crippen LogP contribution in [0.2, 0.25) is 0 Å². The van der Waals surface area contributed by atoms with E-state index >= 15 is 0 Å². The molecule has 0 unspecified atom stereocenters. The number of Topliss-reactive ketones (excluding diaryl/α,β-unsaturated/α-hetero) is 1. The van der Waals surface area contributed by atoms with E-state index in [9.17, 15) is 9.59 Å². The standard InChI is InChI=1S/C25H19BrO6/c1-15-25(32-20-5-3-4-18(12-20)29-2)24(28)21-11-10-19(13-23(21)31-15)30-14-22(27)16-6-8-17(26)9-7-16/h3-13H,14H2,1-2H3. The highest BCUT2D eigenvalue weighted by Crippen LogP contribution is 2.29. The van der Waals surface area contributed by atoms with Gasteiger partial charge in [-0.25, -0.2) is 0 Å². The second-order valence-electron chi connectivity index (χ2n) is 6.97. The van der Waals surface area contributed by atoms with Crippen molar-refractivity contribution in [2.24, 2.45) is 0 Å². The minimum atomic E-state index is -0.302. The molecule has 0 radical (unpaired) electrons. The Balaban J connectivity index is 1.55. The van der Waals surface area contributed by atoms with E-state index in [1.54, 1.807) is 80.8 Å². The third-order valence-electron chi connectivity index (χ3n) is 4.78. The van der Waals surface area contributed by atoms with Gasteiger partial charge in [0.25, 0.3) is 0 Å². The zero-order valence-electron chi connectivity index (χ0n) is 17.4. The van der Waals surface area contributed by atoms with Crippen LogP contribution in [-0.4, -0.2) is 19.5 Å². The van der Waals surface area contributed by atoms with Crippen molar-refractivity contribution in [3.63, 3.8) is 0 Å². The second-order valence-corrected chi connectivity index (χ2v) is 7.89. The van der Waals surface area contributed by atoms with Crippen LogP contribution in [0, 0.1) is 6.92 Å². The molecule has 32 heavy (non-hydrogen) atoms. The van der Waals surface area contributed by atoms with Gasteiger partial charge in [-0.05, 0) is 43.3 Å². The van der Waals surface area contributed by atoms with Crippen molar-refractivity contribution in [1.82, 2.24) is 0 Å². The molecule has 0 bridgehead atoms. The molecule has 0 spiro atoms. The van der Waals surface area contributed by atoms with Crippen LogP contribution in [0.3, 0.4) is 0 Å². The molecule has 3 aromatic carbocycles. The average molecular weight is 495 g/mol. The summed E-state index contributed by atoms with van der Waals surface area (Å²) in [5, 5.41) is 0.347. The summed E-state index contributed by atoms with van der Waals surface area (Å²) in [6.07, 6.45) is 0. The van der Waals surface area contributed by atoms with Gasteiger partial charge in [0.1, 0.15) is 28.6 Å². The summed E-state index contributed by atoms with van der Waals surface area (Å²) in [4.78, 5) is 25.3. The lowest BCUT2D eigenvalue weighted by molar-refractivity contribution is 0.0921. The van der Waals surface area contributed by atoms with Crippen molar-refractivity contribution in [2.75, 3.05) is 13.7 Å². The Bertz CT molecular complexity index is 1340. The molecule has 0 atom stereocenters. The van der Waals surface area contributed by atoms with Crippen LogP contribution in [0.5, 0.6) is 23.0 Å². The normalized spacial score (nSPS) is 10.7. The van der Waals surface area contributed by atoms with Crippen LogP contribution in [0.25, 0.3) is 11.0 Å². The number of aryl methyl sites for hydroxylation is 1. The third kappa shape index (κ3) is 4.68. The van der Waals surface area contributed by atoms with Crippen molar-refractivity contribution in [2.45, 2.75) is 6.92 Å². The van der Waals surface area contributed by atoms with Gasteiger partial charge < -0.3 is 18.6 Å². The Labute approximate surface area is 192 Å². The fourth-order valence-electron chi connectivity index (χ4n) is 3.13. The van der Waals surface area contributed by atoms with Gasteiger partial charge in [0.05, 0.1) is 12.5 Å². The van der Waals surface area contributed by atoms with E-state index in [4.69, 9.17) is 18.6 Å². The van der Waals surface area contributed by atoms with Crippen molar-refractivity contribution in [3.8, 4) is 23.0 Å². The fourth-order valence-corrected chi connectivity index (χ4v) is 3.39. The van der Waals surface area contributed by atoms with Gasteiger partial charge in [-0.15, -0.1) is 0 Å². The number of carbonyl (C=O) groups excluding carboxylic acids is 1. The van der Waals surface area contributed by atoms with Gasteiger partial charge >= 0.3 is 0 Å². The van der Waals surface area contributed by atoms with E-state index < -0.39 is 0 Å². The quantitative estimate of drug-likeness (QED) is 0.296. The number of rotatable bonds is 7. The molecule has 0 fully saturated rings. The predicted octanol–water partition coefficient (Wildman–Crippen LogP) is 5.93. The predicted molar refractivity (Wildman–Crippen MR) is 124 cm³/mol. The lowest BCUT2D eigenvalue weighted by Crippen LogP contribution is -2.12. The summed E-state index contributed by atoms with van der Waals surface area (Å²) in [5.74, 6) is 1.78. The summed E-state index contributed by atoms with van der Waals surface area (Å²) in [6, 6.07) is 18.8. The smallest absolute Gasteiger partial charge is 0.235 e. The first-order valence-corrected chi connectivity index (χ1v) is 10.5. The molecule has 0 aliphatic rings. The number of hydrogen-bond donors (Lipinski definition) is 0. The zero-order chi connectivity index (χ0) is 22.7. The van der Waals surface area contributed by atoms with Crippen LogP contribution >= 0.6 is 15.9 Å². The van der Waals surface area contributed by atoms with Gasteiger partial charge in [0.2, 0.25) is 11.2 Å². The van der Waals surface area contributed by atoms with Gasteiger partial charge in [-0.1, -0.05) is 34.1 Å². The van der Waals surface area contributed by atoms with Crippen LogP contribution < -0.4 is 19.6 Å². The maximum absolute atomic E-state index is 13.0. The molecular formula is C25H19BrO6. The first kappa shape index (κ1) is 21.6. The number of ketones is 1. The zero-order valence-corrected chi connectivity index (χ0v) is 19.0. The second kappa shape index (κ2) is 9.28. The summed E-state index contributed by atoms with van der Waals surface area (Å²) >= 11 is 3.34. The van der Waals surface area contributed by atoms with Crippen LogP contribution in [0.4, 0.5) is 0 Å². The highest BCUT2D eigenvalue weighted by Gasteiger charge is 2.15. The Morgan fingerprint density at radius 3 is 2.47 bits per heavy atom. The maximum Gasteiger partial charge on any atom is 0.235 e. The first-order chi connectivity index (χ1) is 15.4. The number of methoxy groups -OCH3 is 1. The van der Waals surface area contributed by atoms with Crippen molar-refractivity contribution in [3.05, 3.63) is 92.7 Å². The van der Waals surface area contributed by atoms with Crippen LogP contribution in [0.1, 0.15) is 16.1 Å². The van der Waals surface area contributed by atoms with E-state index in [1.807, 2.05) is 0 Å². The Morgan fingerprint density at radius 2 is 1.72 bits per heavy atom. The number of ether oxygens (including phenoxy) is 3. The number of hydrogen-bond acceptors (Lipinski definition) is 6. The largest absolute Gasteiger partial charge is 0.497 e. The summed E-state index contributed by atoms with van der Waals surface area (Å²) in [6.45, 7) is 1.52. The highest BCUT2D eigenvalue weighted by molar-refractivity contribution is 9.10. The molecule has 0 aliphatic carbocycles. The Kier molecular flexibility index (Phi) is 6.28. The SMILES string of the molecule is COc1cccc(Oc2c(C)oc3cc(OCC(=O)c4ccc(Br)cc4)ccc3c2=O)c1. The van der Waals surface area contributed by atoms with Gasteiger partial charge in [0, 0.05) is 22.2 Å². The van der Waals surface area contributed by atoms with E-state index in [-0.39, 0.29) is 23.6 Å². The van der Waals surface area contributed by atoms with Gasteiger partial charge in [-0.3, -0.25) is 9.59 Å². The third-order valence-corrected chi connectivity index (χ3v) is 5.31. The van der Waals surface area contributed by atoms with Crippen LogP contribution in [-0.2, 0) is 0 Å². The maximum atomic E-state index is 13.0. The number of fused-ring (bicyclic) bond motifs is 1. The molecule has 162 valence electrons. The molecule has 7 heteroatoms. The first-order valence-electron chi connectivity index (χ1n) is 9.75. The lowest BCUT2D eigenvalue weighted by atomic mass is 10.1. The molecule has 4 aromatic rings. The molecule has 4 rings (SSSR count). The Hall–Kier alpha value is -3.58. The molecule has 0 saturated carbocycles. The monoisotopic (exact) mass is 494 g/mol. The topological polar surface area (TPSA) is 75.0 Å².